The van der Waals surface area contributed by atoms with E-state index in [9.17, 15) is 4.79 Å². The van der Waals surface area contributed by atoms with Crippen LogP contribution in [0.15, 0.2) is 35.7 Å². The van der Waals surface area contributed by atoms with Gasteiger partial charge in [-0.1, -0.05) is 24.6 Å². The monoisotopic (exact) mass is 384 g/mol. The number of hydrogen-bond acceptors (Lipinski definition) is 6. The third-order valence-electron chi connectivity index (χ3n) is 4.86. The molecule has 2 aliphatic rings. The van der Waals surface area contributed by atoms with Gasteiger partial charge in [-0.3, -0.25) is 9.48 Å². The number of ether oxygens (including phenoxy) is 2. The molecule has 3 heterocycles. The van der Waals surface area contributed by atoms with Gasteiger partial charge in [-0.2, -0.15) is 5.10 Å². The van der Waals surface area contributed by atoms with E-state index in [0.29, 0.717) is 19.6 Å². The highest BCUT2D eigenvalue weighted by atomic mass is 16.6. The van der Waals surface area contributed by atoms with Gasteiger partial charge in [-0.25, -0.2) is 0 Å². The molecular formula is C20H24N4O4. The van der Waals surface area contributed by atoms with Gasteiger partial charge in [0.1, 0.15) is 13.2 Å². The summed E-state index contributed by atoms with van der Waals surface area (Å²) in [4.78, 5) is 18.2. The van der Waals surface area contributed by atoms with Crippen LogP contribution >= 0.6 is 0 Å². The Labute approximate surface area is 163 Å². The number of carbonyl (C=O) groups excluding carboxylic acids is 1. The predicted octanol–water partition coefficient (Wildman–Crippen LogP) is 2.34. The van der Waals surface area contributed by atoms with Gasteiger partial charge in [0, 0.05) is 25.2 Å². The molecular weight excluding hydrogens is 360 g/mol. The molecule has 28 heavy (non-hydrogen) atoms. The highest BCUT2D eigenvalue weighted by molar-refractivity contribution is 6.03. The van der Waals surface area contributed by atoms with E-state index in [-0.39, 0.29) is 11.9 Å². The van der Waals surface area contributed by atoms with Gasteiger partial charge in [0.15, 0.2) is 11.5 Å². The van der Waals surface area contributed by atoms with Crippen LogP contribution in [-0.2, 0) is 16.7 Å². The van der Waals surface area contributed by atoms with Crippen LogP contribution in [-0.4, -0.2) is 40.7 Å². The Kier molecular flexibility index (Phi) is 5.18. The zero-order valence-electron chi connectivity index (χ0n) is 16.1. The van der Waals surface area contributed by atoms with Gasteiger partial charge < -0.3 is 19.6 Å². The average molecular weight is 384 g/mol. The van der Waals surface area contributed by atoms with E-state index in [1.165, 1.54) is 0 Å². The summed E-state index contributed by atoms with van der Waals surface area (Å²) in [7, 11) is 1.84. The van der Waals surface area contributed by atoms with Crippen LogP contribution in [0.2, 0.25) is 0 Å². The molecule has 0 bridgehead atoms. The molecule has 0 aliphatic carbocycles. The van der Waals surface area contributed by atoms with Crippen LogP contribution in [0.4, 0.5) is 0 Å². The second kappa shape index (κ2) is 7.92. The molecule has 8 nitrogen and oxygen atoms in total. The summed E-state index contributed by atoms with van der Waals surface area (Å²) in [6.45, 7) is 3.18. The second-order valence-corrected chi connectivity index (χ2v) is 6.99. The molecule has 0 saturated heterocycles. The summed E-state index contributed by atoms with van der Waals surface area (Å²) in [5.74, 6) is 1.29. The zero-order valence-corrected chi connectivity index (χ0v) is 16.1. The molecule has 8 heteroatoms. The van der Waals surface area contributed by atoms with Crippen LogP contribution in [0.1, 0.15) is 43.4 Å². The summed E-state index contributed by atoms with van der Waals surface area (Å²) >= 11 is 0. The summed E-state index contributed by atoms with van der Waals surface area (Å²) in [6, 6.07) is 5.69. The zero-order chi connectivity index (χ0) is 19.5. The lowest BCUT2D eigenvalue weighted by atomic mass is 10.0. The third-order valence-corrected chi connectivity index (χ3v) is 4.86. The maximum atomic E-state index is 12.8. The van der Waals surface area contributed by atoms with E-state index < -0.39 is 6.10 Å². The molecule has 2 unspecified atom stereocenters. The van der Waals surface area contributed by atoms with Gasteiger partial charge >= 0.3 is 0 Å². The standard InChI is InChI=1S/C20H24N4O4/c1-3-4-15(13-5-6-17-18(9-13)27-8-7-26-17)22-20(25)19-10-16(23-28-19)14-11-21-24(2)12-14/h5-6,9,11-12,15,19H,3-4,7-8,10H2,1-2H3,(H,22,25). The minimum absolute atomic E-state index is 0.126. The second-order valence-electron chi connectivity index (χ2n) is 6.99. The number of hydrogen-bond donors (Lipinski definition) is 1. The first kappa shape index (κ1) is 18.3. The molecule has 148 valence electrons. The Bertz CT molecular complexity index is 892. The number of oxime groups is 1. The van der Waals surface area contributed by atoms with Crippen LogP contribution in [0.25, 0.3) is 0 Å². The first-order valence-electron chi connectivity index (χ1n) is 9.55. The smallest absolute Gasteiger partial charge is 0.264 e. The fourth-order valence-corrected chi connectivity index (χ4v) is 3.41. The Morgan fingerprint density at radius 1 is 1.32 bits per heavy atom. The fraction of sp³-hybridized carbons (Fsp3) is 0.450. The number of aryl methyl sites for hydroxylation is 1. The van der Waals surface area contributed by atoms with Gasteiger partial charge in [0.05, 0.1) is 18.0 Å². The summed E-state index contributed by atoms with van der Waals surface area (Å²) in [5, 5.41) is 11.3. The van der Waals surface area contributed by atoms with E-state index in [1.807, 2.05) is 31.4 Å². The lowest BCUT2D eigenvalue weighted by Crippen LogP contribution is -2.37. The highest BCUT2D eigenvalue weighted by Crippen LogP contribution is 2.33. The van der Waals surface area contributed by atoms with Gasteiger partial charge in [0.2, 0.25) is 6.10 Å². The minimum Gasteiger partial charge on any atom is -0.486 e. The van der Waals surface area contributed by atoms with Crippen molar-refractivity contribution in [2.45, 2.75) is 38.3 Å². The van der Waals surface area contributed by atoms with Crippen molar-refractivity contribution in [2.24, 2.45) is 12.2 Å². The van der Waals surface area contributed by atoms with E-state index in [0.717, 1.165) is 41.2 Å². The summed E-state index contributed by atoms with van der Waals surface area (Å²) < 4.78 is 13.0. The Hall–Kier alpha value is -3.03. The molecule has 1 amide bonds. The molecule has 0 spiro atoms. The van der Waals surface area contributed by atoms with Gasteiger partial charge in [-0.05, 0) is 24.1 Å². The van der Waals surface area contributed by atoms with Crippen LogP contribution < -0.4 is 14.8 Å². The van der Waals surface area contributed by atoms with Crippen molar-refractivity contribution in [1.82, 2.24) is 15.1 Å². The van der Waals surface area contributed by atoms with Gasteiger partial charge in [-0.15, -0.1) is 0 Å². The average Bonchev–Trinajstić information content (AvgIpc) is 3.36. The molecule has 2 aromatic rings. The van der Waals surface area contributed by atoms with Crippen LogP contribution in [0, 0.1) is 0 Å². The van der Waals surface area contributed by atoms with Crippen molar-refractivity contribution in [1.29, 1.82) is 0 Å². The SMILES string of the molecule is CCCC(NC(=O)C1CC(c2cnn(C)c2)=NO1)c1ccc2c(c1)OCCO2. The molecule has 1 N–H and O–H groups in total. The number of carbonyl (C=O) groups is 1. The van der Waals surface area contributed by atoms with Crippen molar-refractivity contribution in [3.8, 4) is 11.5 Å². The number of rotatable bonds is 6. The van der Waals surface area contributed by atoms with E-state index in [4.69, 9.17) is 14.3 Å². The fourth-order valence-electron chi connectivity index (χ4n) is 3.41. The van der Waals surface area contributed by atoms with Crippen molar-refractivity contribution < 1.29 is 19.1 Å². The third kappa shape index (κ3) is 3.81. The number of fused-ring (bicyclic) bond motifs is 1. The molecule has 4 rings (SSSR count). The molecule has 1 aromatic carbocycles. The Morgan fingerprint density at radius 3 is 2.89 bits per heavy atom. The quantitative estimate of drug-likeness (QED) is 0.826. The highest BCUT2D eigenvalue weighted by Gasteiger charge is 2.31. The van der Waals surface area contributed by atoms with E-state index in [2.05, 4.69) is 22.5 Å². The number of benzene rings is 1. The first-order valence-corrected chi connectivity index (χ1v) is 9.55. The minimum atomic E-state index is -0.633. The summed E-state index contributed by atoms with van der Waals surface area (Å²) in [5.41, 5.74) is 2.60. The van der Waals surface area contributed by atoms with Crippen LogP contribution in [0.3, 0.4) is 0 Å². The topological polar surface area (TPSA) is 87.0 Å². The first-order chi connectivity index (χ1) is 13.6. The number of aromatic nitrogens is 2. The molecule has 2 aliphatic heterocycles. The molecule has 0 fully saturated rings. The van der Waals surface area contributed by atoms with E-state index >= 15 is 0 Å². The Balaban J connectivity index is 1.43. The predicted molar refractivity (Wildman–Crippen MR) is 102 cm³/mol. The van der Waals surface area contributed by atoms with E-state index in [1.54, 1.807) is 10.9 Å². The molecule has 0 saturated carbocycles. The van der Waals surface area contributed by atoms with Crippen molar-refractivity contribution >= 4 is 11.6 Å². The van der Waals surface area contributed by atoms with Crippen LogP contribution in [0.5, 0.6) is 11.5 Å². The Morgan fingerprint density at radius 2 is 2.14 bits per heavy atom. The lowest BCUT2D eigenvalue weighted by Gasteiger charge is -2.23. The van der Waals surface area contributed by atoms with Crippen molar-refractivity contribution in [3.63, 3.8) is 0 Å². The maximum Gasteiger partial charge on any atom is 0.264 e. The largest absolute Gasteiger partial charge is 0.486 e. The van der Waals surface area contributed by atoms with Crippen molar-refractivity contribution in [3.05, 3.63) is 41.7 Å². The normalized spacial score (nSPS) is 18.9. The molecule has 0 radical (unpaired) electrons. The van der Waals surface area contributed by atoms with Crippen molar-refractivity contribution in [2.75, 3.05) is 13.2 Å². The number of amides is 1. The molecule has 2 atom stereocenters. The number of nitrogens with one attached hydrogen (secondary N) is 1. The lowest BCUT2D eigenvalue weighted by molar-refractivity contribution is -0.132. The number of nitrogens with zero attached hydrogens (tertiary/aromatic N) is 3. The summed E-state index contributed by atoms with van der Waals surface area (Å²) in [6.07, 6.45) is 5.12. The van der Waals surface area contributed by atoms with Gasteiger partial charge in [0.25, 0.3) is 5.91 Å². The molecule has 1 aromatic heterocycles. The maximum absolute atomic E-state index is 12.8.